The molecule has 1 amide bonds. The first-order valence-corrected chi connectivity index (χ1v) is 4.95. The molecule has 1 heterocycles. The molecule has 5 heteroatoms. The van der Waals surface area contributed by atoms with Gasteiger partial charge in [-0.3, -0.25) is 9.59 Å². The number of nitrogens with zero attached hydrogens (tertiary/aromatic N) is 1. The Balaban J connectivity index is 1.98. The van der Waals surface area contributed by atoms with E-state index in [0.29, 0.717) is 12.2 Å². The molecule has 0 spiro atoms. The maximum atomic E-state index is 11.4. The lowest BCUT2D eigenvalue weighted by Gasteiger charge is -2.12. The Bertz CT molecular complexity index is 356. The number of hydrogen-bond donors (Lipinski definition) is 2. The fourth-order valence-corrected chi connectivity index (χ4v) is 1.39. The Morgan fingerprint density at radius 3 is 2.80 bits per heavy atom. The van der Waals surface area contributed by atoms with Crippen LogP contribution >= 0.6 is 0 Å². The minimum Gasteiger partial charge on any atom is -0.481 e. The normalized spacial score (nSPS) is 24.5. The average Bonchev–Trinajstić information content (AvgIpc) is 3.01. The van der Waals surface area contributed by atoms with Crippen molar-refractivity contribution in [3.8, 4) is 0 Å². The van der Waals surface area contributed by atoms with Crippen molar-refractivity contribution in [1.82, 2.24) is 5.32 Å². The van der Waals surface area contributed by atoms with Crippen molar-refractivity contribution < 1.29 is 14.7 Å². The summed E-state index contributed by atoms with van der Waals surface area (Å²) in [6.45, 7) is 0. The molecule has 0 saturated heterocycles. The number of aliphatic carboxylic acids is 1. The molecular weight excluding hydrogens is 196 g/mol. The number of hydrogen-bond acceptors (Lipinski definition) is 3. The average molecular weight is 208 g/mol. The summed E-state index contributed by atoms with van der Waals surface area (Å²) < 4.78 is 0. The molecule has 0 aromatic rings. The lowest BCUT2D eigenvalue weighted by Crippen LogP contribution is -2.26. The maximum absolute atomic E-state index is 11.4. The van der Waals surface area contributed by atoms with E-state index in [1.54, 1.807) is 0 Å². The van der Waals surface area contributed by atoms with Crippen LogP contribution < -0.4 is 5.32 Å². The zero-order chi connectivity index (χ0) is 10.8. The summed E-state index contributed by atoms with van der Waals surface area (Å²) in [6, 6.07) is 0. The number of aliphatic imine (C=N–C) groups is 1. The SMILES string of the molecule is O=C(O)C1C=C(NC(=O)C2CC2)N=CC1. The summed E-state index contributed by atoms with van der Waals surface area (Å²) in [5, 5.41) is 11.4. The van der Waals surface area contributed by atoms with E-state index in [4.69, 9.17) is 5.11 Å². The Kier molecular flexibility index (Phi) is 2.53. The number of carboxylic acids is 1. The molecule has 0 aromatic carbocycles. The summed E-state index contributed by atoms with van der Waals surface area (Å²) in [5.74, 6) is -1.04. The van der Waals surface area contributed by atoms with E-state index in [9.17, 15) is 9.59 Å². The Hall–Kier alpha value is -1.65. The predicted molar refractivity (Wildman–Crippen MR) is 53.2 cm³/mol. The summed E-state index contributed by atoms with van der Waals surface area (Å²) >= 11 is 0. The second-order valence-electron chi connectivity index (χ2n) is 3.81. The highest BCUT2D eigenvalue weighted by Gasteiger charge is 2.30. The van der Waals surface area contributed by atoms with E-state index in [2.05, 4.69) is 10.3 Å². The third kappa shape index (κ3) is 2.43. The van der Waals surface area contributed by atoms with Crippen molar-refractivity contribution in [3.63, 3.8) is 0 Å². The van der Waals surface area contributed by atoms with Crippen molar-refractivity contribution in [2.24, 2.45) is 16.8 Å². The van der Waals surface area contributed by atoms with Gasteiger partial charge >= 0.3 is 5.97 Å². The van der Waals surface area contributed by atoms with Gasteiger partial charge in [0.25, 0.3) is 0 Å². The molecule has 5 nitrogen and oxygen atoms in total. The Morgan fingerprint density at radius 1 is 1.47 bits per heavy atom. The number of rotatable bonds is 3. The van der Waals surface area contributed by atoms with Crippen LogP contribution in [-0.4, -0.2) is 23.2 Å². The van der Waals surface area contributed by atoms with Gasteiger partial charge in [-0.1, -0.05) is 0 Å². The number of carboxylic acid groups (broad SMARTS) is 1. The number of carbonyl (C=O) groups excluding carboxylic acids is 1. The quantitative estimate of drug-likeness (QED) is 0.710. The number of amides is 1. The standard InChI is InChI=1S/C10H12N2O3/c13-9(6-1-2-6)12-8-5-7(10(14)15)3-4-11-8/h4-7H,1-3H2,(H,12,13)(H,14,15). The minimum atomic E-state index is -0.890. The van der Waals surface area contributed by atoms with Crippen LogP contribution in [-0.2, 0) is 9.59 Å². The topological polar surface area (TPSA) is 78.8 Å². The zero-order valence-corrected chi connectivity index (χ0v) is 8.14. The Labute approximate surface area is 86.9 Å². The van der Waals surface area contributed by atoms with Gasteiger partial charge in [-0.2, -0.15) is 0 Å². The molecule has 0 aromatic heterocycles. The van der Waals surface area contributed by atoms with Gasteiger partial charge in [-0.15, -0.1) is 0 Å². The molecule has 2 N–H and O–H groups in total. The molecular formula is C10H12N2O3. The van der Waals surface area contributed by atoms with Crippen LogP contribution in [0.4, 0.5) is 0 Å². The van der Waals surface area contributed by atoms with E-state index in [-0.39, 0.29) is 11.8 Å². The third-order valence-electron chi connectivity index (χ3n) is 2.47. The van der Waals surface area contributed by atoms with Gasteiger partial charge in [-0.05, 0) is 25.3 Å². The molecule has 1 atom stereocenters. The molecule has 1 aliphatic carbocycles. The van der Waals surface area contributed by atoms with Crippen LogP contribution in [0.15, 0.2) is 16.9 Å². The first-order chi connectivity index (χ1) is 7.16. The van der Waals surface area contributed by atoms with Gasteiger partial charge in [0.1, 0.15) is 5.82 Å². The third-order valence-corrected chi connectivity index (χ3v) is 2.47. The van der Waals surface area contributed by atoms with Crippen molar-refractivity contribution >= 4 is 18.1 Å². The van der Waals surface area contributed by atoms with Gasteiger partial charge in [0.15, 0.2) is 0 Å². The van der Waals surface area contributed by atoms with Crippen molar-refractivity contribution in [2.75, 3.05) is 0 Å². The van der Waals surface area contributed by atoms with E-state index < -0.39 is 11.9 Å². The molecule has 1 unspecified atom stereocenters. The summed E-state index contributed by atoms with van der Waals surface area (Å²) in [5.41, 5.74) is 0. The van der Waals surface area contributed by atoms with Crippen molar-refractivity contribution in [3.05, 3.63) is 11.9 Å². The van der Waals surface area contributed by atoms with Crippen molar-refractivity contribution in [1.29, 1.82) is 0 Å². The number of nitrogens with one attached hydrogen (secondary N) is 1. The second-order valence-corrected chi connectivity index (χ2v) is 3.81. The van der Waals surface area contributed by atoms with E-state index >= 15 is 0 Å². The predicted octanol–water partition coefficient (Wildman–Crippen LogP) is 0.529. The van der Waals surface area contributed by atoms with Gasteiger partial charge in [0, 0.05) is 12.1 Å². The van der Waals surface area contributed by atoms with E-state index in [1.165, 1.54) is 12.3 Å². The molecule has 80 valence electrons. The number of carbonyl (C=O) groups is 2. The second kappa shape index (κ2) is 3.84. The molecule has 1 aliphatic heterocycles. The van der Waals surface area contributed by atoms with E-state index in [0.717, 1.165) is 12.8 Å². The molecule has 2 rings (SSSR count). The van der Waals surface area contributed by atoms with Crippen LogP contribution in [0.2, 0.25) is 0 Å². The van der Waals surface area contributed by atoms with Gasteiger partial charge < -0.3 is 10.4 Å². The van der Waals surface area contributed by atoms with Crippen LogP contribution in [0.1, 0.15) is 19.3 Å². The summed E-state index contributed by atoms with van der Waals surface area (Å²) in [4.78, 5) is 26.0. The highest BCUT2D eigenvalue weighted by molar-refractivity contribution is 5.84. The highest BCUT2D eigenvalue weighted by atomic mass is 16.4. The molecule has 1 saturated carbocycles. The van der Waals surface area contributed by atoms with Crippen LogP contribution in [0, 0.1) is 11.8 Å². The molecule has 15 heavy (non-hydrogen) atoms. The smallest absolute Gasteiger partial charge is 0.310 e. The first-order valence-electron chi connectivity index (χ1n) is 4.95. The largest absolute Gasteiger partial charge is 0.481 e. The summed E-state index contributed by atoms with van der Waals surface area (Å²) in [7, 11) is 0. The molecule has 0 radical (unpaired) electrons. The highest BCUT2D eigenvalue weighted by Crippen LogP contribution is 2.29. The fourth-order valence-electron chi connectivity index (χ4n) is 1.39. The monoisotopic (exact) mass is 208 g/mol. The van der Waals surface area contributed by atoms with E-state index in [1.807, 2.05) is 0 Å². The molecule has 1 fully saturated rings. The maximum Gasteiger partial charge on any atom is 0.310 e. The Morgan fingerprint density at radius 2 is 2.20 bits per heavy atom. The zero-order valence-electron chi connectivity index (χ0n) is 8.14. The molecule has 2 aliphatic rings. The van der Waals surface area contributed by atoms with Crippen molar-refractivity contribution in [2.45, 2.75) is 19.3 Å². The van der Waals surface area contributed by atoms with Gasteiger partial charge in [0.2, 0.25) is 5.91 Å². The fraction of sp³-hybridized carbons (Fsp3) is 0.500. The summed E-state index contributed by atoms with van der Waals surface area (Å²) in [6.07, 6.45) is 5.25. The van der Waals surface area contributed by atoms with Gasteiger partial charge in [0.05, 0.1) is 5.92 Å². The lowest BCUT2D eigenvalue weighted by atomic mass is 10.0. The minimum absolute atomic E-state index is 0.0514. The first kappa shape index (κ1) is 9.89. The van der Waals surface area contributed by atoms with Gasteiger partial charge in [-0.25, -0.2) is 4.99 Å². The lowest BCUT2D eigenvalue weighted by molar-refractivity contribution is -0.139. The van der Waals surface area contributed by atoms with Crippen LogP contribution in [0.3, 0.4) is 0 Å². The molecule has 0 bridgehead atoms. The van der Waals surface area contributed by atoms with Crippen LogP contribution in [0.5, 0.6) is 0 Å². The van der Waals surface area contributed by atoms with Crippen LogP contribution in [0.25, 0.3) is 0 Å².